The van der Waals surface area contributed by atoms with Gasteiger partial charge >= 0.3 is 0 Å². The number of rotatable bonds is 5. The van der Waals surface area contributed by atoms with Gasteiger partial charge in [-0.2, -0.15) is 0 Å². The largest absolute Gasteiger partial charge is 0.394 e. The predicted octanol–water partition coefficient (Wildman–Crippen LogP) is 0.673. The third kappa shape index (κ3) is 3.46. The second kappa shape index (κ2) is 6.07. The summed E-state index contributed by atoms with van der Waals surface area (Å²) in [5.41, 5.74) is 7.37. The summed E-state index contributed by atoms with van der Waals surface area (Å²) in [6.45, 7) is 0.179. The fraction of sp³-hybridized carbons (Fsp3) is 0.400. The van der Waals surface area contributed by atoms with Gasteiger partial charge in [0.2, 0.25) is 0 Å². The van der Waals surface area contributed by atoms with Gasteiger partial charge in [-0.15, -0.1) is 0 Å². The number of hydrogen-bond donors (Lipinski definition) is 4. The molecule has 0 bridgehead atoms. The summed E-state index contributed by atoms with van der Waals surface area (Å²) >= 11 is 3.36. The molecule has 1 aromatic carbocycles. The summed E-state index contributed by atoms with van der Waals surface area (Å²) in [4.78, 5) is 0. The number of hydrogen-bond acceptors (Lipinski definition) is 4. The topological polar surface area (TPSA) is 78.5 Å². The van der Waals surface area contributed by atoms with Gasteiger partial charge in [0.15, 0.2) is 0 Å². The molecule has 0 saturated heterocycles. The van der Waals surface area contributed by atoms with Crippen LogP contribution in [0.3, 0.4) is 0 Å². The van der Waals surface area contributed by atoms with Crippen LogP contribution in [0.1, 0.15) is 5.56 Å². The Morgan fingerprint density at radius 3 is 2.53 bits per heavy atom. The van der Waals surface area contributed by atoms with Gasteiger partial charge in [0.05, 0.1) is 19.3 Å². The van der Waals surface area contributed by atoms with Crippen molar-refractivity contribution in [1.82, 2.24) is 0 Å². The Labute approximate surface area is 97.2 Å². The zero-order valence-electron chi connectivity index (χ0n) is 8.28. The average Bonchev–Trinajstić information content (AvgIpc) is 2.27. The molecular formula is C10H15BrN2O2. The maximum atomic E-state index is 8.94. The molecule has 0 aromatic heterocycles. The fourth-order valence-electron chi connectivity index (χ4n) is 1.24. The Morgan fingerprint density at radius 2 is 2.00 bits per heavy atom. The van der Waals surface area contributed by atoms with E-state index in [1.807, 2.05) is 18.2 Å². The second-order valence-corrected chi connectivity index (χ2v) is 4.13. The van der Waals surface area contributed by atoms with Crippen LogP contribution >= 0.6 is 15.9 Å². The second-order valence-electron chi connectivity index (χ2n) is 3.21. The molecule has 0 amide bonds. The molecule has 0 fully saturated rings. The SMILES string of the molecule is NCc1cc(Br)ccc1NC(CO)CO. The summed E-state index contributed by atoms with van der Waals surface area (Å²) in [6.07, 6.45) is 0. The fourth-order valence-corrected chi connectivity index (χ4v) is 1.65. The van der Waals surface area contributed by atoms with E-state index < -0.39 is 0 Å². The first kappa shape index (κ1) is 12.4. The van der Waals surface area contributed by atoms with E-state index in [1.54, 1.807) is 0 Å². The van der Waals surface area contributed by atoms with Gasteiger partial charge in [-0.25, -0.2) is 0 Å². The molecule has 0 atom stereocenters. The maximum absolute atomic E-state index is 8.94. The molecule has 0 unspecified atom stereocenters. The number of nitrogens with one attached hydrogen (secondary N) is 1. The number of benzene rings is 1. The Balaban J connectivity index is 2.83. The van der Waals surface area contributed by atoms with Crippen LogP contribution in [0.5, 0.6) is 0 Å². The minimum atomic E-state index is -0.350. The van der Waals surface area contributed by atoms with Crippen molar-refractivity contribution in [2.45, 2.75) is 12.6 Å². The molecule has 1 aromatic rings. The Bertz CT molecular complexity index is 316. The van der Waals surface area contributed by atoms with Crippen LogP contribution < -0.4 is 11.1 Å². The van der Waals surface area contributed by atoms with E-state index in [4.69, 9.17) is 15.9 Å². The van der Waals surface area contributed by atoms with E-state index in [1.165, 1.54) is 0 Å². The summed E-state index contributed by atoms with van der Waals surface area (Å²) in [7, 11) is 0. The summed E-state index contributed by atoms with van der Waals surface area (Å²) < 4.78 is 0.957. The van der Waals surface area contributed by atoms with Crippen molar-refractivity contribution in [3.8, 4) is 0 Å². The molecule has 1 rings (SSSR count). The minimum absolute atomic E-state index is 0.115. The van der Waals surface area contributed by atoms with E-state index in [0.29, 0.717) is 6.54 Å². The van der Waals surface area contributed by atoms with E-state index in [2.05, 4.69) is 21.2 Å². The normalized spacial score (nSPS) is 10.7. The van der Waals surface area contributed by atoms with Crippen LogP contribution in [0.15, 0.2) is 22.7 Å². The first-order valence-electron chi connectivity index (χ1n) is 4.68. The van der Waals surface area contributed by atoms with Crippen LogP contribution in [0, 0.1) is 0 Å². The number of anilines is 1. The van der Waals surface area contributed by atoms with Gasteiger partial charge in [0.25, 0.3) is 0 Å². The van der Waals surface area contributed by atoms with Crippen molar-refractivity contribution < 1.29 is 10.2 Å². The number of aliphatic hydroxyl groups is 2. The van der Waals surface area contributed by atoms with Crippen molar-refractivity contribution in [1.29, 1.82) is 0 Å². The lowest BCUT2D eigenvalue weighted by atomic mass is 10.1. The molecule has 4 nitrogen and oxygen atoms in total. The van der Waals surface area contributed by atoms with Gasteiger partial charge in [0, 0.05) is 16.7 Å². The van der Waals surface area contributed by atoms with Crippen molar-refractivity contribution >= 4 is 21.6 Å². The van der Waals surface area contributed by atoms with E-state index in [-0.39, 0.29) is 19.3 Å². The molecule has 84 valence electrons. The van der Waals surface area contributed by atoms with Gasteiger partial charge in [-0.3, -0.25) is 0 Å². The Morgan fingerprint density at radius 1 is 1.33 bits per heavy atom. The van der Waals surface area contributed by atoms with Crippen LogP contribution in [0.25, 0.3) is 0 Å². The van der Waals surface area contributed by atoms with Crippen LogP contribution in [-0.2, 0) is 6.54 Å². The van der Waals surface area contributed by atoms with Gasteiger partial charge in [-0.05, 0) is 23.8 Å². The Hall–Kier alpha value is -0.620. The van der Waals surface area contributed by atoms with Crippen LogP contribution in [0.4, 0.5) is 5.69 Å². The lowest BCUT2D eigenvalue weighted by molar-refractivity contribution is 0.204. The van der Waals surface area contributed by atoms with Gasteiger partial charge < -0.3 is 21.3 Å². The smallest absolute Gasteiger partial charge is 0.0723 e. The molecule has 0 aliphatic rings. The minimum Gasteiger partial charge on any atom is -0.394 e. The zero-order valence-corrected chi connectivity index (χ0v) is 9.87. The van der Waals surface area contributed by atoms with Crippen LogP contribution in [0.2, 0.25) is 0 Å². The molecule has 0 aliphatic carbocycles. The van der Waals surface area contributed by atoms with Gasteiger partial charge in [-0.1, -0.05) is 15.9 Å². The molecule has 0 radical (unpaired) electrons. The molecule has 0 saturated carbocycles. The maximum Gasteiger partial charge on any atom is 0.0723 e. The highest BCUT2D eigenvalue weighted by atomic mass is 79.9. The molecule has 0 spiro atoms. The number of halogens is 1. The lowest BCUT2D eigenvalue weighted by Crippen LogP contribution is -2.28. The monoisotopic (exact) mass is 274 g/mol. The van der Waals surface area contributed by atoms with E-state index >= 15 is 0 Å². The third-order valence-corrected chi connectivity index (χ3v) is 2.58. The third-order valence-electron chi connectivity index (χ3n) is 2.09. The van der Waals surface area contributed by atoms with E-state index in [9.17, 15) is 0 Å². The number of aliphatic hydroxyl groups excluding tert-OH is 2. The quantitative estimate of drug-likeness (QED) is 0.637. The molecule has 0 aliphatic heterocycles. The van der Waals surface area contributed by atoms with E-state index in [0.717, 1.165) is 15.7 Å². The molecule has 0 heterocycles. The number of nitrogens with two attached hydrogens (primary N) is 1. The highest BCUT2D eigenvalue weighted by molar-refractivity contribution is 9.10. The first-order chi connectivity index (χ1) is 7.21. The average molecular weight is 275 g/mol. The highest BCUT2D eigenvalue weighted by Gasteiger charge is 2.08. The standard InChI is InChI=1S/C10H15BrN2O2/c11-8-1-2-10(7(3-8)4-12)13-9(5-14)6-15/h1-3,9,13-15H,4-6,12H2. The summed E-state index contributed by atoms with van der Waals surface area (Å²) in [6, 6.07) is 5.31. The van der Waals surface area contributed by atoms with Crippen molar-refractivity contribution in [3.63, 3.8) is 0 Å². The van der Waals surface area contributed by atoms with Gasteiger partial charge in [0.1, 0.15) is 0 Å². The predicted molar refractivity (Wildman–Crippen MR) is 63.6 cm³/mol. The van der Waals surface area contributed by atoms with Crippen LogP contribution in [-0.4, -0.2) is 29.5 Å². The molecular weight excluding hydrogens is 260 g/mol. The summed E-state index contributed by atoms with van der Waals surface area (Å²) in [5.74, 6) is 0. The summed E-state index contributed by atoms with van der Waals surface area (Å²) in [5, 5.41) is 20.9. The Kier molecular flexibility index (Phi) is 5.04. The lowest BCUT2D eigenvalue weighted by Gasteiger charge is -2.17. The highest BCUT2D eigenvalue weighted by Crippen LogP contribution is 2.21. The molecule has 15 heavy (non-hydrogen) atoms. The van der Waals surface area contributed by atoms with Crippen molar-refractivity contribution in [2.75, 3.05) is 18.5 Å². The van der Waals surface area contributed by atoms with Crippen molar-refractivity contribution in [3.05, 3.63) is 28.2 Å². The zero-order chi connectivity index (χ0) is 11.3. The first-order valence-corrected chi connectivity index (χ1v) is 5.47. The molecule has 5 heteroatoms. The van der Waals surface area contributed by atoms with Crippen molar-refractivity contribution in [2.24, 2.45) is 5.73 Å². The molecule has 5 N–H and O–H groups in total.